The molecule has 0 aliphatic heterocycles. The fourth-order valence-electron chi connectivity index (χ4n) is 1.57. The van der Waals surface area contributed by atoms with Gasteiger partial charge in [0.1, 0.15) is 5.02 Å². The molecule has 96 valence electrons. The summed E-state index contributed by atoms with van der Waals surface area (Å²) in [4.78, 5) is 21.4. The predicted molar refractivity (Wildman–Crippen MR) is 69.1 cm³/mol. The number of nitro benzene ring substituents is 1. The van der Waals surface area contributed by atoms with Gasteiger partial charge in [-0.05, 0) is 18.9 Å². The lowest BCUT2D eigenvalue weighted by molar-refractivity contribution is -0.384. The molecule has 1 aromatic rings. The Balaban J connectivity index is 2.41. The molecule has 1 aliphatic carbocycles. The number of amides is 1. The predicted octanol–water partition coefficient (Wildman–Crippen LogP) is 2.78. The largest absolute Gasteiger partial charge is 0.381 e. The van der Waals surface area contributed by atoms with Crippen molar-refractivity contribution < 1.29 is 9.72 Å². The lowest BCUT2D eigenvalue weighted by Gasteiger charge is -2.13. The molecule has 1 aliphatic rings. The van der Waals surface area contributed by atoms with Crippen LogP contribution in [0.25, 0.3) is 0 Å². The van der Waals surface area contributed by atoms with Gasteiger partial charge in [0.25, 0.3) is 5.69 Å². The molecule has 0 bridgehead atoms. The molecular weight excluding hydrogens is 258 g/mol. The molecule has 7 heteroatoms. The van der Waals surface area contributed by atoms with E-state index in [0.29, 0.717) is 11.7 Å². The zero-order chi connectivity index (χ0) is 13.3. The Labute approximate surface area is 108 Å². The lowest BCUT2D eigenvalue weighted by Crippen LogP contribution is -2.11. The minimum atomic E-state index is -0.575. The van der Waals surface area contributed by atoms with Gasteiger partial charge in [0.05, 0.1) is 16.3 Å². The molecule has 2 rings (SSSR count). The minimum absolute atomic E-state index is 0.0548. The van der Waals surface area contributed by atoms with Crippen LogP contribution in [0.3, 0.4) is 0 Å². The number of nitrogens with one attached hydrogen (secondary N) is 2. The lowest BCUT2D eigenvalue weighted by atomic mass is 10.2. The van der Waals surface area contributed by atoms with Crippen molar-refractivity contribution in [2.24, 2.45) is 0 Å². The van der Waals surface area contributed by atoms with Gasteiger partial charge in [-0.2, -0.15) is 0 Å². The first-order valence-corrected chi connectivity index (χ1v) is 5.88. The Bertz CT molecular complexity index is 515. The molecule has 0 unspecified atom stereocenters. The highest BCUT2D eigenvalue weighted by Gasteiger charge is 2.25. The summed E-state index contributed by atoms with van der Waals surface area (Å²) in [6.45, 7) is 1.33. The second-order valence-electron chi connectivity index (χ2n) is 4.18. The third-order valence-corrected chi connectivity index (χ3v) is 2.94. The third kappa shape index (κ3) is 2.70. The normalized spacial score (nSPS) is 14.1. The Morgan fingerprint density at radius 2 is 2.17 bits per heavy atom. The Morgan fingerprint density at radius 3 is 2.67 bits per heavy atom. The Morgan fingerprint density at radius 1 is 1.50 bits per heavy atom. The van der Waals surface area contributed by atoms with Gasteiger partial charge in [0, 0.05) is 19.0 Å². The maximum atomic E-state index is 11.1. The molecule has 0 aromatic heterocycles. The monoisotopic (exact) mass is 269 g/mol. The van der Waals surface area contributed by atoms with Crippen molar-refractivity contribution in [2.75, 3.05) is 10.6 Å². The number of nitro groups is 1. The summed E-state index contributed by atoms with van der Waals surface area (Å²) in [6.07, 6.45) is 2.10. The number of carbonyl (C=O) groups excluding carboxylic acids is 1. The van der Waals surface area contributed by atoms with Crippen LogP contribution in [0.1, 0.15) is 19.8 Å². The van der Waals surface area contributed by atoms with Crippen molar-refractivity contribution in [3.8, 4) is 0 Å². The van der Waals surface area contributed by atoms with E-state index in [1.807, 2.05) is 0 Å². The van der Waals surface area contributed by atoms with Crippen LogP contribution in [0.4, 0.5) is 17.1 Å². The number of rotatable bonds is 4. The average molecular weight is 270 g/mol. The second kappa shape index (κ2) is 4.81. The van der Waals surface area contributed by atoms with E-state index >= 15 is 0 Å². The topological polar surface area (TPSA) is 84.3 Å². The SMILES string of the molecule is CC(=O)Nc1c(NC2CC2)ccc([N+](=O)[O-])c1Cl. The Kier molecular flexibility index (Phi) is 3.38. The van der Waals surface area contributed by atoms with Crippen LogP contribution in [-0.2, 0) is 4.79 Å². The number of carbonyl (C=O) groups is 1. The molecule has 0 saturated heterocycles. The molecule has 6 nitrogen and oxygen atoms in total. The van der Waals surface area contributed by atoms with Crippen LogP contribution in [0.15, 0.2) is 12.1 Å². The van der Waals surface area contributed by atoms with Crippen LogP contribution in [0.5, 0.6) is 0 Å². The van der Waals surface area contributed by atoms with E-state index in [-0.39, 0.29) is 22.3 Å². The summed E-state index contributed by atoms with van der Waals surface area (Å²) in [5, 5.41) is 16.4. The zero-order valence-corrected chi connectivity index (χ0v) is 10.5. The minimum Gasteiger partial charge on any atom is -0.381 e. The number of nitrogens with zero attached hydrogens (tertiary/aromatic N) is 1. The summed E-state index contributed by atoms with van der Waals surface area (Å²) in [5.41, 5.74) is 0.662. The van der Waals surface area contributed by atoms with E-state index in [0.717, 1.165) is 12.8 Å². The summed E-state index contributed by atoms with van der Waals surface area (Å²) < 4.78 is 0. The molecule has 0 atom stereocenters. The second-order valence-corrected chi connectivity index (χ2v) is 4.56. The zero-order valence-electron chi connectivity index (χ0n) is 9.70. The molecular formula is C11H12ClN3O3. The highest BCUT2D eigenvalue weighted by molar-refractivity contribution is 6.36. The van der Waals surface area contributed by atoms with Crippen molar-refractivity contribution >= 4 is 34.6 Å². The fourth-order valence-corrected chi connectivity index (χ4v) is 1.85. The number of anilines is 2. The van der Waals surface area contributed by atoms with Gasteiger partial charge < -0.3 is 10.6 Å². The molecule has 1 fully saturated rings. The third-order valence-electron chi connectivity index (χ3n) is 2.56. The summed E-state index contributed by atoms with van der Waals surface area (Å²) in [7, 11) is 0. The molecule has 1 saturated carbocycles. The smallest absolute Gasteiger partial charge is 0.290 e. The molecule has 2 N–H and O–H groups in total. The highest BCUT2D eigenvalue weighted by atomic mass is 35.5. The molecule has 0 spiro atoms. The van der Waals surface area contributed by atoms with Gasteiger partial charge >= 0.3 is 0 Å². The fraction of sp³-hybridized carbons (Fsp3) is 0.364. The number of hydrogen-bond donors (Lipinski definition) is 2. The summed E-state index contributed by atoms with van der Waals surface area (Å²) in [6, 6.07) is 3.25. The van der Waals surface area contributed by atoms with E-state index in [4.69, 9.17) is 11.6 Å². The van der Waals surface area contributed by atoms with Crippen molar-refractivity contribution in [3.05, 3.63) is 27.3 Å². The van der Waals surface area contributed by atoms with E-state index in [1.54, 1.807) is 6.07 Å². The van der Waals surface area contributed by atoms with Gasteiger partial charge in [-0.15, -0.1) is 0 Å². The van der Waals surface area contributed by atoms with E-state index < -0.39 is 4.92 Å². The number of hydrogen-bond acceptors (Lipinski definition) is 4. The maximum absolute atomic E-state index is 11.1. The van der Waals surface area contributed by atoms with Crippen LogP contribution in [0.2, 0.25) is 5.02 Å². The van der Waals surface area contributed by atoms with Gasteiger partial charge in [-0.25, -0.2) is 0 Å². The standard InChI is InChI=1S/C11H12ClN3O3/c1-6(16)13-11-8(14-7-2-3-7)4-5-9(10(11)12)15(17)18/h4-5,7,14H,2-3H2,1H3,(H,13,16). The van der Waals surface area contributed by atoms with Gasteiger partial charge in [-0.3, -0.25) is 14.9 Å². The van der Waals surface area contributed by atoms with Crippen LogP contribution in [-0.4, -0.2) is 16.9 Å². The molecule has 1 aromatic carbocycles. The molecule has 0 radical (unpaired) electrons. The highest BCUT2D eigenvalue weighted by Crippen LogP contribution is 2.39. The van der Waals surface area contributed by atoms with Crippen molar-refractivity contribution in [3.63, 3.8) is 0 Å². The quantitative estimate of drug-likeness (QED) is 0.650. The van der Waals surface area contributed by atoms with Gasteiger partial charge in [0.2, 0.25) is 5.91 Å². The van der Waals surface area contributed by atoms with E-state index in [1.165, 1.54) is 13.0 Å². The van der Waals surface area contributed by atoms with Gasteiger partial charge in [-0.1, -0.05) is 11.6 Å². The molecule has 0 heterocycles. The van der Waals surface area contributed by atoms with Crippen LogP contribution >= 0.6 is 11.6 Å². The van der Waals surface area contributed by atoms with Crippen LogP contribution < -0.4 is 10.6 Å². The number of halogens is 1. The molecule has 18 heavy (non-hydrogen) atoms. The Hall–Kier alpha value is -1.82. The van der Waals surface area contributed by atoms with Crippen molar-refractivity contribution in [2.45, 2.75) is 25.8 Å². The first kappa shape index (κ1) is 12.6. The maximum Gasteiger partial charge on any atom is 0.290 e. The first-order valence-electron chi connectivity index (χ1n) is 5.50. The summed E-state index contributed by atoms with van der Waals surface area (Å²) >= 11 is 5.96. The van der Waals surface area contributed by atoms with E-state index in [2.05, 4.69) is 10.6 Å². The first-order chi connectivity index (χ1) is 8.49. The van der Waals surface area contributed by atoms with Gasteiger partial charge in [0.15, 0.2) is 0 Å². The molecule has 1 amide bonds. The average Bonchev–Trinajstić information content (AvgIpc) is 3.06. The van der Waals surface area contributed by atoms with Crippen molar-refractivity contribution in [1.29, 1.82) is 0 Å². The summed E-state index contributed by atoms with van der Waals surface area (Å²) in [5.74, 6) is -0.323. The number of benzene rings is 1. The van der Waals surface area contributed by atoms with E-state index in [9.17, 15) is 14.9 Å². The van der Waals surface area contributed by atoms with Crippen LogP contribution in [0, 0.1) is 10.1 Å². The van der Waals surface area contributed by atoms with Crippen molar-refractivity contribution in [1.82, 2.24) is 0 Å².